The summed E-state index contributed by atoms with van der Waals surface area (Å²) in [5.41, 5.74) is 4.25. The van der Waals surface area contributed by atoms with Gasteiger partial charge in [0.25, 0.3) is 5.91 Å². The van der Waals surface area contributed by atoms with Crippen LogP contribution in [0, 0.1) is 5.82 Å². The van der Waals surface area contributed by atoms with Crippen molar-refractivity contribution >= 4 is 21.8 Å². The van der Waals surface area contributed by atoms with Crippen molar-refractivity contribution in [2.45, 2.75) is 0 Å². The van der Waals surface area contributed by atoms with Crippen LogP contribution >= 0.6 is 0 Å². The van der Waals surface area contributed by atoms with Crippen LogP contribution in [-0.4, -0.2) is 32.7 Å². The molecule has 1 amide bonds. The Labute approximate surface area is 98.4 Å². The van der Waals surface area contributed by atoms with Gasteiger partial charge in [-0.25, -0.2) is 4.39 Å². The first kappa shape index (κ1) is 13.4. The van der Waals surface area contributed by atoms with Gasteiger partial charge >= 0.3 is 10.2 Å². The molecule has 0 spiro atoms. The highest BCUT2D eigenvalue weighted by Gasteiger charge is 2.18. The maximum Gasteiger partial charge on any atom is 0.301 e. The zero-order chi connectivity index (χ0) is 13.2. The van der Waals surface area contributed by atoms with E-state index in [9.17, 15) is 17.6 Å². The molecule has 0 aromatic heterocycles. The normalized spacial score (nSPS) is 11.5. The predicted octanol–water partition coefficient (Wildman–Crippen LogP) is 0.143. The Morgan fingerprint density at radius 2 is 2.00 bits per heavy atom. The van der Waals surface area contributed by atoms with Gasteiger partial charge in [-0.15, -0.1) is 0 Å². The van der Waals surface area contributed by atoms with Crippen LogP contribution in [-0.2, 0) is 10.2 Å². The molecule has 6 nitrogen and oxygen atoms in total. The lowest BCUT2D eigenvalue weighted by Gasteiger charge is -2.14. The van der Waals surface area contributed by atoms with Crippen molar-refractivity contribution in [3.63, 3.8) is 0 Å². The summed E-state index contributed by atoms with van der Waals surface area (Å²) in [5.74, 6) is -1.96. The number of nitrogens with two attached hydrogens (primary N) is 1. The Hall–Kier alpha value is -1.67. The van der Waals surface area contributed by atoms with E-state index in [1.807, 2.05) is 4.72 Å². The average Bonchev–Trinajstić information content (AvgIpc) is 2.20. The number of rotatable bonds is 4. The lowest BCUT2D eigenvalue weighted by Crippen LogP contribution is -2.29. The highest BCUT2D eigenvalue weighted by atomic mass is 32.2. The van der Waals surface area contributed by atoms with E-state index in [0.717, 1.165) is 4.31 Å². The van der Waals surface area contributed by atoms with E-state index in [-0.39, 0.29) is 11.3 Å². The Morgan fingerprint density at radius 3 is 2.47 bits per heavy atom. The molecule has 0 radical (unpaired) electrons. The number of benzene rings is 1. The molecule has 0 fully saturated rings. The van der Waals surface area contributed by atoms with E-state index >= 15 is 0 Å². The molecular formula is C9H12FN3O3S. The van der Waals surface area contributed by atoms with Crippen LogP contribution in [0.2, 0.25) is 0 Å². The Balaban J connectivity index is 3.18. The SMILES string of the molecule is CN(C)S(=O)(=O)Nc1cccc(C(N)=O)c1F. The van der Waals surface area contributed by atoms with Crippen LogP contribution in [0.1, 0.15) is 10.4 Å². The van der Waals surface area contributed by atoms with Crippen LogP contribution in [0.15, 0.2) is 18.2 Å². The molecule has 0 atom stereocenters. The molecule has 1 aromatic carbocycles. The summed E-state index contributed by atoms with van der Waals surface area (Å²) in [7, 11) is -1.25. The molecule has 0 saturated heterocycles. The lowest BCUT2D eigenvalue weighted by atomic mass is 10.2. The number of nitrogens with one attached hydrogen (secondary N) is 1. The third-order valence-corrected chi connectivity index (χ3v) is 3.42. The smallest absolute Gasteiger partial charge is 0.301 e. The van der Waals surface area contributed by atoms with Crippen molar-refractivity contribution < 1.29 is 17.6 Å². The standard InChI is InChI=1S/C9H12FN3O3S/c1-13(2)17(15,16)12-7-5-3-4-6(8(7)10)9(11)14/h3-5,12H,1-2H3,(H2,11,14). The number of carbonyl (C=O) groups excluding carboxylic acids is 1. The minimum atomic E-state index is -3.82. The number of nitrogens with zero attached hydrogens (tertiary/aromatic N) is 1. The van der Waals surface area contributed by atoms with Gasteiger partial charge < -0.3 is 5.73 Å². The molecule has 0 aliphatic rings. The summed E-state index contributed by atoms with van der Waals surface area (Å²) in [6, 6.07) is 3.70. The Bertz CT molecular complexity index is 542. The maximum atomic E-state index is 13.7. The number of hydrogen-bond donors (Lipinski definition) is 2. The zero-order valence-corrected chi connectivity index (χ0v) is 10.1. The zero-order valence-electron chi connectivity index (χ0n) is 9.27. The average molecular weight is 261 g/mol. The molecule has 94 valence electrons. The molecule has 3 N–H and O–H groups in total. The minimum Gasteiger partial charge on any atom is -0.366 e. The minimum absolute atomic E-state index is 0.324. The van der Waals surface area contributed by atoms with Crippen molar-refractivity contribution in [3.8, 4) is 0 Å². The summed E-state index contributed by atoms with van der Waals surface area (Å²) >= 11 is 0. The van der Waals surface area contributed by atoms with Crippen molar-refractivity contribution in [1.82, 2.24) is 4.31 Å². The van der Waals surface area contributed by atoms with Crippen molar-refractivity contribution in [2.24, 2.45) is 5.73 Å². The number of hydrogen-bond acceptors (Lipinski definition) is 3. The van der Waals surface area contributed by atoms with Gasteiger partial charge in [-0.05, 0) is 12.1 Å². The lowest BCUT2D eigenvalue weighted by molar-refractivity contribution is 0.0996. The number of anilines is 1. The third kappa shape index (κ3) is 2.92. The summed E-state index contributed by atoms with van der Waals surface area (Å²) < 4.78 is 39.5. The van der Waals surface area contributed by atoms with E-state index in [4.69, 9.17) is 5.73 Å². The van der Waals surface area contributed by atoms with Gasteiger partial charge in [0.05, 0.1) is 11.3 Å². The fraction of sp³-hybridized carbons (Fsp3) is 0.222. The maximum absolute atomic E-state index is 13.7. The van der Waals surface area contributed by atoms with E-state index < -0.39 is 21.9 Å². The summed E-state index contributed by atoms with van der Waals surface area (Å²) in [6.45, 7) is 0. The second-order valence-corrected chi connectivity index (χ2v) is 5.31. The molecule has 1 rings (SSSR count). The first-order valence-electron chi connectivity index (χ1n) is 4.54. The second kappa shape index (κ2) is 4.68. The molecule has 1 aromatic rings. The van der Waals surface area contributed by atoms with Crippen molar-refractivity contribution in [2.75, 3.05) is 18.8 Å². The van der Waals surface area contributed by atoms with Crippen LogP contribution in [0.3, 0.4) is 0 Å². The number of carbonyl (C=O) groups is 1. The van der Waals surface area contributed by atoms with Gasteiger partial charge in [0.15, 0.2) is 5.82 Å². The highest BCUT2D eigenvalue weighted by molar-refractivity contribution is 7.90. The van der Waals surface area contributed by atoms with E-state index in [2.05, 4.69) is 0 Å². The Kier molecular flexibility index (Phi) is 3.69. The third-order valence-electron chi connectivity index (χ3n) is 1.98. The van der Waals surface area contributed by atoms with Crippen molar-refractivity contribution in [1.29, 1.82) is 0 Å². The van der Waals surface area contributed by atoms with Gasteiger partial charge in [-0.1, -0.05) is 6.07 Å². The van der Waals surface area contributed by atoms with Crippen molar-refractivity contribution in [3.05, 3.63) is 29.6 Å². The topological polar surface area (TPSA) is 92.5 Å². The summed E-state index contributed by atoms with van der Waals surface area (Å²) in [6.07, 6.45) is 0. The summed E-state index contributed by atoms with van der Waals surface area (Å²) in [4.78, 5) is 10.9. The molecule has 0 aliphatic heterocycles. The highest BCUT2D eigenvalue weighted by Crippen LogP contribution is 2.19. The molecule has 0 saturated carbocycles. The van der Waals surface area contributed by atoms with Crippen LogP contribution in [0.25, 0.3) is 0 Å². The van der Waals surface area contributed by atoms with Crippen LogP contribution < -0.4 is 10.5 Å². The monoisotopic (exact) mass is 261 g/mol. The molecule has 17 heavy (non-hydrogen) atoms. The van der Waals surface area contributed by atoms with E-state index in [1.165, 1.54) is 32.3 Å². The number of primary amides is 1. The molecule has 0 heterocycles. The summed E-state index contributed by atoms with van der Waals surface area (Å²) in [5, 5.41) is 0. The first-order chi connectivity index (χ1) is 7.75. The fourth-order valence-electron chi connectivity index (χ4n) is 1.03. The largest absolute Gasteiger partial charge is 0.366 e. The molecule has 8 heteroatoms. The van der Waals surface area contributed by atoms with Gasteiger partial charge in [0.1, 0.15) is 0 Å². The van der Waals surface area contributed by atoms with Gasteiger partial charge in [-0.2, -0.15) is 12.7 Å². The van der Waals surface area contributed by atoms with Crippen LogP contribution in [0.5, 0.6) is 0 Å². The first-order valence-corrected chi connectivity index (χ1v) is 5.98. The van der Waals surface area contributed by atoms with Gasteiger partial charge in [-0.3, -0.25) is 9.52 Å². The predicted molar refractivity (Wildman–Crippen MR) is 61.1 cm³/mol. The number of amides is 1. The Morgan fingerprint density at radius 1 is 1.41 bits per heavy atom. The van der Waals surface area contributed by atoms with Gasteiger partial charge in [0, 0.05) is 14.1 Å². The second-order valence-electron chi connectivity index (χ2n) is 3.42. The van der Waals surface area contributed by atoms with E-state index in [1.54, 1.807) is 0 Å². The van der Waals surface area contributed by atoms with Crippen LogP contribution in [0.4, 0.5) is 10.1 Å². The van der Waals surface area contributed by atoms with Gasteiger partial charge in [0.2, 0.25) is 0 Å². The quantitative estimate of drug-likeness (QED) is 0.807. The molecular weight excluding hydrogens is 249 g/mol. The molecule has 0 unspecified atom stereocenters. The molecule has 0 bridgehead atoms. The number of halogens is 1. The fourth-order valence-corrected chi connectivity index (χ4v) is 1.65. The molecule has 0 aliphatic carbocycles. The van der Waals surface area contributed by atoms with E-state index in [0.29, 0.717) is 0 Å².